The molecule has 112 valence electrons. The molecule has 1 aromatic carbocycles. The van der Waals surface area contributed by atoms with Crippen LogP contribution in [-0.4, -0.2) is 41.5 Å². The predicted molar refractivity (Wildman–Crippen MR) is 78.8 cm³/mol. The molecule has 0 aliphatic carbocycles. The summed E-state index contributed by atoms with van der Waals surface area (Å²) >= 11 is 0. The zero-order chi connectivity index (χ0) is 15.7. The molecule has 0 heterocycles. The number of nitriles is 1. The van der Waals surface area contributed by atoms with E-state index < -0.39 is 5.97 Å². The van der Waals surface area contributed by atoms with Crippen LogP contribution in [0.4, 0.5) is 5.69 Å². The third-order valence-corrected chi connectivity index (χ3v) is 2.79. The van der Waals surface area contributed by atoms with Gasteiger partial charge in [-0.25, -0.2) is 0 Å². The van der Waals surface area contributed by atoms with Gasteiger partial charge in [0.25, 0.3) is 0 Å². The van der Waals surface area contributed by atoms with Crippen LogP contribution in [-0.2, 0) is 16.0 Å². The summed E-state index contributed by atoms with van der Waals surface area (Å²) in [4.78, 5) is 24.2. The Kier molecular flexibility index (Phi) is 6.92. The number of carboxylic acids is 1. The highest BCUT2D eigenvalue weighted by atomic mass is 16.4. The lowest BCUT2D eigenvalue weighted by molar-refractivity contribution is -0.138. The molecule has 0 spiro atoms. The lowest BCUT2D eigenvalue weighted by Gasteiger charge is -2.18. The highest BCUT2D eigenvalue weighted by molar-refractivity contribution is 5.92. The van der Waals surface area contributed by atoms with Crippen molar-refractivity contribution in [2.45, 2.75) is 19.8 Å². The number of hydrogen-bond donors (Lipinski definition) is 2. The number of aliphatic carboxylic acids is 1. The lowest BCUT2D eigenvalue weighted by Crippen LogP contribution is -2.37. The summed E-state index contributed by atoms with van der Waals surface area (Å²) in [5, 5.41) is 20.1. The second-order valence-corrected chi connectivity index (χ2v) is 4.68. The van der Waals surface area contributed by atoms with Gasteiger partial charge in [-0.15, -0.1) is 0 Å². The smallest absolute Gasteiger partial charge is 0.317 e. The Balaban J connectivity index is 2.54. The molecule has 1 amide bonds. The van der Waals surface area contributed by atoms with E-state index in [2.05, 4.69) is 11.4 Å². The van der Waals surface area contributed by atoms with E-state index in [1.165, 1.54) is 0 Å². The summed E-state index contributed by atoms with van der Waals surface area (Å²) < 4.78 is 0. The van der Waals surface area contributed by atoms with Gasteiger partial charge in [-0.1, -0.05) is 19.1 Å². The lowest BCUT2D eigenvalue weighted by atomic mass is 10.1. The van der Waals surface area contributed by atoms with Crippen LogP contribution in [0.3, 0.4) is 0 Å². The van der Waals surface area contributed by atoms with Crippen molar-refractivity contribution in [1.82, 2.24) is 4.90 Å². The van der Waals surface area contributed by atoms with Crippen LogP contribution in [0.25, 0.3) is 0 Å². The van der Waals surface area contributed by atoms with Crippen LogP contribution >= 0.6 is 0 Å². The normalized spacial score (nSPS) is 10.1. The molecule has 6 heteroatoms. The molecule has 1 aromatic rings. The minimum Gasteiger partial charge on any atom is -0.480 e. The predicted octanol–water partition coefficient (Wildman–Crippen LogP) is 1.49. The first kappa shape index (κ1) is 16.7. The van der Waals surface area contributed by atoms with Crippen molar-refractivity contribution in [2.24, 2.45) is 0 Å². The minimum absolute atomic E-state index is 0.0418. The summed E-state index contributed by atoms with van der Waals surface area (Å²) in [6.07, 6.45) is 1.11. The maximum atomic E-state index is 11.9. The summed E-state index contributed by atoms with van der Waals surface area (Å²) in [7, 11) is 0. The quantitative estimate of drug-likeness (QED) is 0.756. The largest absolute Gasteiger partial charge is 0.480 e. The number of carbonyl (C=O) groups is 2. The van der Waals surface area contributed by atoms with Gasteiger partial charge in [0.2, 0.25) is 5.91 Å². The van der Waals surface area contributed by atoms with Gasteiger partial charge in [0.05, 0.1) is 25.6 Å². The van der Waals surface area contributed by atoms with Crippen molar-refractivity contribution >= 4 is 17.6 Å². The summed E-state index contributed by atoms with van der Waals surface area (Å²) in [5.74, 6) is -1.20. The van der Waals surface area contributed by atoms with E-state index in [1.807, 2.05) is 6.92 Å². The molecule has 0 aliphatic heterocycles. The molecular formula is C15H19N3O3. The van der Waals surface area contributed by atoms with Crippen LogP contribution in [0.2, 0.25) is 0 Å². The van der Waals surface area contributed by atoms with Gasteiger partial charge in [-0.2, -0.15) is 5.26 Å². The van der Waals surface area contributed by atoms with Gasteiger partial charge >= 0.3 is 5.97 Å². The number of nitrogens with one attached hydrogen (secondary N) is 1. The van der Waals surface area contributed by atoms with Crippen LogP contribution in [0, 0.1) is 11.3 Å². The number of anilines is 1. The Hall–Kier alpha value is -2.39. The highest BCUT2D eigenvalue weighted by Gasteiger charge is 2.13. The van der Waals surface area contributed by atoms with E-state index in [4.69, 9.17) is 10.4 Å². The summed E-state index contributed by atoms with van der Waals surface area (Å²) in [6, 6.07) is 9.06. The molecule has 1 rings (SSSR count). The number of nitrogens with zero attached hydrogens (tertiary/aromatic N) is 2. The first-order chi connectivity index (χ1) is 10.0. The van der Waals surface area contributed by atoms with Crippen molar-refractivity contribution in [3.63, 3.8) is 0 Å². The van der Waals surface area contributed by atoms with Crippen LogP contribution < -0.4 is 5.32 Å². The molecule has 6 nitrogen and oxygen atoms in total. The minimum atomic E-state index is -0.947. The van der Waals surface area contributed by atoms with E-state index in [-0.39, 0.29) is 19.0 Å². The monoisotopic (exact) mass is 289 g/mol. The van der Waals surface area contributed by atoms with Crippen molar-refractivity contribution in [3.05, 3.63) is 29.8 Å². The third kappa shape index (κ3) is 6.54. The average Bonchev–Trinajstić information content (AvgIpc) is 2.40. The molecule has 0 saturated carbocycles. The summed E-state index contributed by atoms with van der Waals surface area (Å²) in [6.45, 7) is 2.38. The standard InChI is InChI=1S/C15H19N3O3/c1-2-9-18(11-15(20)21)10-14(19)17-13-5-3-12(4-6-13)7-8-16/h3-6H,2,7,9-11H2,1H3,(H,17,19)(H,20,21). The van der Waals surface area contributed by atoms with Gasteiger partial charge in [0.1, 0.15) is 0 Å². The molecule has 0 aliphatic rings. The number of benzene rings is 1. The average molecular weight is 289 g/mol. The fourth-order valence-corrected chi connectivity index (χ4v) is 1.92. The molecule has 0 bridgehead atoms. The van der Waals surface area contributed by atoms with Gasteiger partial charge in [-0.05, 0) is 30.7 Å². The Morgan fingerprint density at radius 3 is 2.48 bits per heavy atom. The second-order valence-electron chi connectivity index (χ2n) is 4.68. The zero-order valence-electron chi connectivity index (χ0n) is 12.0. The number of amides is 1. The molecular weight excluding hydrogens is 270 g/mol. The highest BCUT2D eigenvalue weighted by Crippen LogP contribution is 2.10. The number of carboxylic acid groups (broad SMARTS) is 1. The Morgan fingerprint density at radius 1 is 1.29 bits per heavy atom. The van der Waals surface area contributed by atoms with E-state index in [0.29, 0.717) is 18.7 Å². The fourth-order valence-electron chi connectivity index (χ4n) is 1.92. The molecule has 0 fully saturated rings. The van der Waals surface area contributed by atoms with Crippen LogP contribution in [0.1, 0.15) is 18.9 Å². The van der Waals surface area contributed by atoms with E-state index in [9.17, 15) is 9.59 Å². The van der Waals surface area contributed by atoms with Gasteiger partial charge < -0.3 is 10.4 Å². The molecule has 0 unspecified atom stereocenters. The number of rotatable bonds is 8. The van der Waals surface area contributed by atoms with E-state index >= 15 is 0 Å². The van der Waals surface area contributed by atoms with Gasteiger partial charge in [0.15, 0.2) is 0 Å². The van der Waals surface area contributed by atoms with Crippen LogP contribution in [0.5, 0.6) is 0 Å². The fraction of sp³-hybridized carbons (Fsp3) is 0.400. The van der Waals surface area contributed by atoms with E-state index in [1.54, 1.807) is 29.2 Å². The Morgan fingerprint density at radius 2 is 1.95 bits per heavy atom. The Labute approximate surface area is 124 Å². The molecule has 0 atom stereocenters. The first-order valence-electron chi connectivity index (χ1n) is 6.75. The number of carbonyl (C=O) groups excluding carboxylic acids is 1. The topological polar surface area (TPSA) is 93.4 Å². The van der Waals surface area contributed by atoms with Crippen LogP contribution in [0.15, 0.2) is 24.3 Å². The first-order valence-corrected chi connectivity index (χ1v) is 6.75. The van der Waals surface area contributed by atoms with Crippen molar-refractivity contribution in [2.75, 3.05) is 25.0 Å². The third-order valence-electron chi connectivity index (χ3n) is 2.79. The van der Waals surface area contributed by atoms with Crippen molar-refractivity contribution in [1.29, 1.82) is 5.26 Å². The SMILES string of the molecule is CCCN(CC(=O)O)CC(=O)Nc1ccc(CC#N)cc1. The summed E-state index contributed by atoms with van der Waals surface area (Å²) in [5.41, 5.74) is 1.52. The van der Waals surface area contributed by atoms with Crippen molar-refractivity contribution in [3.8, 4) is 6.07 Å². The molecule has 21 heavy (non-hydrogen) atoms. The molecule has 0 radical (unpaired) electrons. The maximum Gasteiger partial charge on any atom is 0.317 e. The Bertz CT molecular complexity index is 520. The van der Waals surface area contributed by atoms with Crippen molar-refractivity contribution < 1.29 is 14.7 Å². The van der Waals surface area contributed by atoms with E-state index in [0.717, 1.165) is 12.0 Å². The second kappa shape index (κ2) is 8.72. The zero-order valence-corrected chi connectivity index (χ0v) is 12.0. The number of hydrogen-bond acceptors (Lipinski definition) is 4. The van der Waals surface area contributed by atoms with Gasteiger partial charge in [0, 0.05) is 5.69 Å². The maximum absolute atomic E-state index is 11.9. The molecule has 2 N–H and O–H groups in total. The molecule has 0 aromatic heterocycles. The molecule has 0 saturated heterocycles. The van der Waals surface area contributed by atoms with Gasteiger partial charge in [-0.3, -0.25) is 14.5 Å².